The Morgan fingerprint density at radius 3 is 2.24 bits per heavy atom. The molecule has 1 aliphatic heterocycles. The number of imide groups is 1. The molecule has 0 aromatic heterocycles. The van der Waals surface area contributed by atoms with Crippen LogP contribution in [0.15, 0.2) is 54.6 Å². The summed E-state index contributed by atoms with van der Waals surface area (Å²) in [5.74, 6) is -0.159. The molecule has 0 saturated heterocycles. The number of hydrogen-bond donors (Lipinski definition) is 0. The fourth-order valence-corrected chi connectivity index (χ4v) is 3.16. The molecule has 25 heavy (non-hydrogen) atoms. The number of ether oxygens (including phenoxy) is 1. The summed E-state index contributed by atoms with van der Waals surface area (Å²) < 4.78 is 5.12. The molecule has 0 radical (unpaired) electrons. The zero-order valence-electron chi connectivity index (χ0n) is 13.3. The van der Waals surface area contributed by atoms with Crippen LogP contribution in [0.1, 0.15) is 26.3 Å². The molecule has 0 fully saturated rings. The fourth-order valence-electron chi connectivity index (χ4n) is 3.16. The van der Waals surface area contributed by atoms with Gasteiger partial charge in [0.05, 0.1) is 24.4 Å². The maximum Gasteiger partial charge on any atom is 0.265 e. The normalized spacial score (nSPS) is 13.0. The van der Waals surface area contributed by atoms with Crippen molar-refractivity contribution >= 4 is 28.3 Å². The van der Waals surface area contributed by atoms with Gasteiger partial charge >= 0.3 is 0 Å². The Bertz CT molecular complexity index is 1060. The zero-order valence-corrected chi connectivity index (χ0v) is 13.3. The number of rotatable bonds is 2. The third-order valence-electron chi connectivity index (χ3n) is 4.36. The third kappa shape index (κ3) is 2.08. The molecule has 0 atom stereocenters. The molecule has 2 amide bonds. The van der Waals surface area contributed by atoms with Gasteiger partial charge in [0.1, 0.15) is 5.75 Å². The lowest BCUT2D eigenvalue weighted by Crippen LogP contribution is -2.40. The highest BCUT2D eigenvalue weighted by Crippen LogP contribution is 2.34. The van der Waals surface area contributed by atoms with Crippen LogP contribution in [0.25, 0.3) is 10.8 Å². The predicted molar refractivity (Wildman–Crippen MR) is 92.8 cm³/mol. The van der Waals surface area contributed by atoms with Gasteiger partial charge in [-0.05, 0) is 42.5 Å². The van der Waals surface area contributed by atoms with Crippen molar-refractivity contribution in [2.75, 3.05) is 12.0 Å². The maximum atomic E-state index is 13.0. The number of benzene rings is 3. The highest BCUT2D eigenvalue weighted by molar-refractivity contribution is 6.36. The Morgan fingerprint density at radius 2 is 1.60 bits per heavy atom. The van der Waals surface area contributed by atoms with Gasteiger partial charge in [-0.3, -0.25) is 9.59 Å². The summed E-state index contributed by atoms with van der Waals surface area (Å²) in [6.45, 7) is 0. The van der Waals surface area contributed by atoms with Crippen molar-refractivity contribution < 1.29 is 14.3 Å². The Hall–Kier alpha value is -3.65. The van der Waals surface area contributed by atoms with E-state index in [1.807, 2.05) is 0 Å². The number of carbonyl (C=O) groups is 2. The second kappa shape index (κ2) is 5.46. The minimum atomic E-state index is -0.400. The van der Waals surface area contributed by atoms with Gasteiger partial charge in [0, 0.05) is 21.9 Å². The molecular formula is C20H12N2O3. The van der Waals surface area contributed by atoms with E-state index in [-0.39, 0.29) is 0 Å². The van der Waals surface area contributed by atoms with Gasteiger partial charge in [0.2, 0.25) is 0 Å². The van der Waals surface area contributed by atoms with E-state index < -0.39 is 11.8 Å². The molecule has 0 saturated carbocycles. The first-order valence-electron chi connectivity index (χ1n) is 7.64. The number of nitrogens with zero attached hydrogens (tertiary/aromatic N) is 2. The Balaban J connectivity index is 1.94. The summed E-state index contributed by atoms with van der Waals surface area (Å²) in [6.07, 6.45) is 0. The van der Waals surface area contributed by atoms with Crippen LogP contribution in [-0.2, 0) is 0 Å². The molecule has 1 aliphatic rings. The van der Waals surface area contributed by atoms with E-state index in [4.69, 9.17) is 4.74 Å². The molecule has 4 rings (SSSR count). The molecule has 3 aromatic rings. The second-order valence-electron chi connectivity index (χ2n) is 5.64. The standard InChI is InChI=1S/C20H12N2O3/c1-25-14-8-6-13(7-9-14)22-19(23)16-4-2-3-15-12(11-21)5-10-17(18(15)16)20(22)24/h2-10H,1H3. The quantitative estimate of drug-likeness (QED) is 0.675. The highest BCUT2D eigenvalue weighted by Gasteiger charge is 2.34. The number of nitriles is 1. The van der Waals surface area contributed by atoms with E-state index in [1.54, 1.807) is 61.7 Å². The van der Waals surface area contributed by atoms with Crippen molar-refractivity contribution in [3.63, 3.8) is 0 Å². The minimum absolute atomic E-state index is 0.400. The number of methoxy groups -OCH3 is 1. The lowest BCUT2D eigenvalue weighted by Gasteiger charge is -2.27. The van der Waals surface area contributed by atoms with Crippen molar-refractivity contribution in [2.24, 2.45) is 0 Å². The summed E-state index contributed by atoms with van der Waals surface area (Å²) >= 11 is 0. The molecule has 1 heterocycles. The average molecular weight is 328 g/mol. The molecule has 120 valence electrons. The summed E-state index contributed by atoms with van der Waals surface area (Å²) in [4.78, 5) is 27.1. The van der Waals surface area contributed by atoms with E-state index in [0.717, 1.165) is 4.90 Å². The van der Waals surface area contributed by atoms with E-state index in [2.05, 4.69) is 6.07 Å². The summed E-state index contributed by atoms with van der Waals surface area (Å²) in [5.41, 5.74) is 1.75. The summed E-state index contributed by atoms with van der Waals surface area (Å²) in [5, 5.41) is 10.4. The van der Waals surface area contributed by atoms with Crippen LogP contribution in [0.5, 0.6) is 5.75 Å². The fraction of sp³-hybridized carbons (Fsp3) is 0.0500. The lowest BCUT2D eigenvalue weighted by atomic mass is 9.91. The van der Waals surface area contributed by atoms with Crippen molar-refractivity contribution in [1.82, 2.24) is 0 Å². The molecular weight excluding hydrogens is 316 g/mol. The minimum Gasteiger partial charge on any atom is -0.497 e. The molecule has 0 unspecified atom stereocenters. The molecule has 3 aromatic carbocycles. The average Bonchev–Trinajstić information content (AvgIpc) is 2.66. The number of carbonyl (C=O) groups excluding carboxylic acids is 2. The highest BCUT2D eigenvalue weighted by atomic mass is 16.5. The topological polar surface area (TPSA) is 70.4 Å². The van der Waals surface area contributed by atoms with Crippen LogP contribution in [0.3, 0.4) is 0 Å². The SMILES string of the molecule is COc1ccc(N2C(=O)c3cccc4c(C#N)ccc(c34)C2=O)cc1. The van der Waals surface area contributed by atoms with Gasteiger partial charge in [-0.1, -0.05) is 12.1 Å². The number of anilines is 1. The van der Waals surface area contributed by atoms with Gasteiger partial charge < -0.3 is 4.74 Å². The van der Waals surface area contributed by atoms with Crippen molar-refractivity contribution in [2.45, 2.75) is 0 Å². The van der Waals surface area contributed by atoms with Crippen LogP contribution in [0, 0.1) is 11.3 Å². The van der Waals surface area contributed by atoms with Crippen molar-refractivity contribution in [1.29, 1.82) is 5.26 Å². The van der Waals surface area contributed by atoms with E-state index in [9.17, 15) is 14.9 Å². The van der Waals surface area contributed by atoms with E-state index in [0.29, 0.717) is 38.9 Å². The number of amides is 2. The molecule has 5 heteroatoms. The monoisotopic (exact) mass is 328 g/mol. The zero-order chi connectivity index (χ0) is 17.6. The Morgan fingerprint density at radius 1 is 0.920 bits per heavy atom. The molecule has 0 N–H and O–H groups in total. The molecule has 5 nitrogen and oxygen atoms in total. The van der Waals surface area contributed by atoms with E-state index >= 15 is 0 Å². The third-order valence-corrected chi connectivity index (χ3v) is 4.36. The van der Waals surface area contributed by atoms with E-state index in [1.165, 1.54) is 0 Å². The maximum absolute atomic E-state index is 13.0. The molecule has 0 spiro atoms. The first-order valence-corrected chi connectivity index (χ1v) is 7.64. The molecule has 0 aliphatic carbocycles. The van der Waals surface area contributed by atoms with Crippen LogP contribution in [0.4, 0.5) is 5.69 Å². The second-order valence-corrected chi connectivity index (χ2v) is 5.64. The van der Waals surface area contributed by atoms with Crippen LogP contribution < -0.4 is 9.64 Å². The van der Waals surface area contributed by atoms with Crippen LogP contribution in [0.2, 0.25) is 0 Å². The summed E-state index contributed by atoms with van der Waals surface area (Å²) in [7, 11) is 1.55. The van der Waals surface area contributed by atoms with Crippen molar-refractivity contribution in [3.8, 4) is 11.8 Å². The first-order chi connectivity index (χ1) is 12.2. The van der Waals surface area contributed by atoms with Crippen LogP contribution >= 0.6 is 0 Å². The smallest absolute Gasteiger partial charge is 0.265 e. The first kappa shape index (κ1) is 14.9. The lowest BCUT2D eigenvalue weighted by molar-refractivity contribution is 0.0893. The van der Waals surface area contributed by atoms with Crippen LogP contribution in [-0.4, -0.2) is 18.9 Å². The van der Waals surface area contributed by atoms with Gasteiger partial charge in [-0.2, -0.15) is 5.26 Å². The molecule has 0 bridgehead atoms. The van der Waals surface area contributed by atoms with Gasteiger partial charge in [-0.25, -0.2) is 4.90 Å². The van der Waals surface area contributed by atoms with Gasteiger partial charge in [-0.15, -0.1) is 0 Å². The predicted octanol–water partition coefficient (Wildman–Crippen LogP) is 3.52. The number of hydrogen-bond acceptors (Lipinski definition) is 4. The Labute approximate surface area is 143 Å². The summed E-state index contributed by atoms with van der Waals surface area (Å²) in [6, 6.07) is 17.2. The van der Waals surface area contributed by atoms with Gasteiger partial charge in [0.15, 0.2) is 0 Å². The van der Waals surface area contributed by atoms with Crippen molar-refractivity contribution in [3.05, 3.63) is 71.3 Å². The Kier molecular flexibility index (Phi) is 3.26. The largest absolute Gasteiger partial charge is 0.497 e. The van der Waals surface area contributed by atoms with Gasteiger partial charge in [0.25, 0.3) is 11.8 Å².